The van der Waals surface area contributed by atoms with Crippen LogP contribution in [-0.2, 0) is 4.74 Å². The Balaban J connectivity index is 1.47. The third-order valence-electron chi connectivity index (χ3n) is 5.14. The zero-order chi connectivity index (χ0) is 10.8. The SMILES string of the molecule is C1CCC2(CC1)CCC2NCC1CCCO1. The number of nitrogens with one attached hydrogen (secondary N) is 1. The van der Waals surface area contributed by atoms with Crippen LogP contribution >= 0.6 is 0 Å². The molecule has 2 aliphatic carbocycles. The molecule has 3 aliphatic rings. The van der Waals surface area contributed by atoms with Crippen LogP contribution in [0.3, 0.4) is 0 Å². The van der Waals surface area contributed by atoms with Crippen LogP contribution in [0.25, 0.3) is 0 Å². The minimum atomic E-state index is 0.515. The molecular formula is C14H25NO. The molecule has 3 fully saturated rings. The summed E-state index contributed by atoms with van der Waals surface area (Å²) in [6.45, 7) is 2.09. The predicted molar refractivity (Wildman–Crippen MR) is 65.5 cm³/mol. The number of rotatable bonds is 3. The Kier molecular flexibility index (Phi) is 3.21. The first kappa shape index (κ1) is 11.0. The highest BCUT2D eigenvalue weighted by atomic mass is 16.5. The highest BCUT2D eigenvalue weighted by Gasteiger charge is 2.46. The van der Waals surface area contributed by atoms with E-state index in [1.54, 1.807) is 0 Å². The lowest BCUT2D eigenvalue weighted by Gasteiger charge is -2.53. The van der Waals surface area contributed by atoms with Gasteiger partial charge in [-0.1, -0.05) is 19.3 Å². The third kappa shape index (κ3) is 2.02. The van der Waals surface area contributed by atoms with Crippen LogP contribution < -0.4 is 5.32 Å². The van der Waals surface area contributed by atoms with Gasteiger partial charge in [0.2, 0.25) is 0 Å². The van der Waals surface area contributed by atoms with Gasteiger partial charge in [-0.2, -0.15) is 0 Å². The van der Waals surface area contributed by atoms with Crippen molar-refractivity contribution in [1.82, 2.24) is 5.32 Å². The summed E-state index contributed by atoms with van der Waals surface area (Å²) in [5.41, 5.74) is 0.705. The van der Waals surface area contributed by atoms with Gasteiger partial charge >= 0.3 is 0 Å². The maximum atomic E-state index is 5.69. The minimum absolute atomic E-state index is 0.515. The van der Waals surface area contributed by atoms with Crippen LogP contribution in [-0.4, -0.2) is 25.3 Å². The van der Waals surface area contributed by atoms with Gasteiger partial charge in [0.25, 0.3) is 0 Å². The smallest absolute Gasteiger partial charge is 0.0700 e. The van der Waals surface area contributed by atoms with E-state index in [1.165, 1.54) is 57.8 Å². The van der Waals surface area contributed by atoms with Crippen molar-refractivity contribution in [3.05, 3.63) is 0 Å². The Hall–Kier alpha value is -0.0800. The second kappa shape index (κ2) is 4.66. The van der Waals surface area contributed by atoms with Crippen molar-refractivity contribution in [3.8, 4) is 0 Å². The van der Waals surface area contributed by atoms with E-state index < -0.39 is 0 Å². The summed E-state index contributed by atoms with van der Waals surface area (Å²) in [4.78, 5) is 0. The monoisotopic (exact) mass is 223 g/mol. The van der Waals surface area contributed by atoms with Crippen LogP contribution in [0.2, 0.25) is 0 Å². The van der Waals surface area contributed by atoms with Gasteiger partial charge in [0.05, 0.1) is 6.10 Å². The Morgan fingerprint density at radius 3 is 2.50 bits per heavy atom. The average molecular weight is 223 g/mol. The maximum absolute atomic E-state index is 5.69. The van der Waals surface area contributed by atoms with Gasteiger partial charge in [-0.15, -0.1) is 0 Å². The first-order valence-electron chi connectivity index (χ1n) is 7.24. The van der Waals surface area contributed by atoms with Crippen molar-refractivity contribution >= 4 is 0 Å². The van der Waals surface area contributed by atoms with Crippen molar-refractivity contribution in [2.75, 3.05) is 13.2 Å². The zero-order valence-electron chi connectivity index (χ0n) is 10.3. The van der Waals surface area contributed by atoms with Crippen LogP contribution in [0.1, 0.15) is 57.8 Å². The first-order chi connectivity index (χ1) is 7.89. The molecule has 16 heavy (non-hydrogen) atoms. The summed E-state index contributed by atoms with van der Waals surface area (Å²) in [7, 11) is 0. The molecule has 0 aromatic rings. The summed E-state index contributed by atoms with van der Waals surface area (Å²) in [6.07, 6.45) is 13.3. The number of hydrogen-bond donors (Lipinski definition) is 1. The van der Waals surface area contributed by atoms with E-state index in [1.807, 2.05) is 0 Å². The van der Waals surface area contributed by atoms with Crippen LogP contribution in [0, 0.1) is 5.41 Å². The molecule has 1 spiro atoms. The van der Waals surface area contributed by atoms with Crippen molar-refractivity contribution in [2.45, 2.75) is 69.9 Å². The molecule has 0 bridgehead atoms. The fraction of sp³-hybridized carbons (Fsp3) is 1.00. The van der Waals surface area contributed by atoms with E-state index in [0.29, 0.717) is 11.5 Å². The zero-order valence-corrected chi connectivity index (χ0v) is 10.3. The van der Waals surface area contributed by atoms with E-state index in [9.17, 15) is 0 Å². The van der Waals surface area contributed by atoms with Crippen LogP contribution in [0.5, 0.6) is 0 Å². The van der Waals surface area contributed by atoms with Gasteiger partial charge in [0, 0.05) is 19.2 Å². The van der Waals surface area contributed by atoms with Gasteiger partial charge in [0.1, 0.15) is 0 Å². The van der Waals surface area contributed by atoms with E-state index >= 15 is 0 Å². The van der Waals surface area contributed by atoms with E-state index in [-0.39, 0.29) is 0 Å². The largest absolute Gasteiger partial charge is 0.377 e. The highest BCUT2D eigenvalue weighted by Crippen LogP contribution is 2.51. The minimum Gasteiger partial charge on any atom is -0.377 e. The second-order valence-electron chi connectivity index (χ2n) is 6.06. The van der Waals surface area contributed by atoms with Crippen LogP contribution in [0.4, 0.5) is 0 Å². The second-order valence-corrected chi connectivity index (χ2v) is 6.06. The fourth-order valence-electron chi connectivity index (χ4n) is 3.95. The molecule has 0 aromatic carbocycles. The molecule has 0 aromatic heterocycles. The van der Waals surface area contributed by atoms with Gasteiger partial charge in [-0.3, -0.25) is 0 Å². The lowest BCUT2D eigenvalue weighted by atomic mass is 9.57. The highest BCUT2D eigenvalue weighted by molar-refractivity contribution is 5.01. The van der Waals surface area contributed by atoms with E-state index in [0.717, 1.165) is 19.2 Å². The van der Waals surface area contributed by atoms with Gasteiger partial charge in [-0.25, -0.2) is 0 Å². The predicted octanol–water partition coefficient (Wildman–Crippen LogP) is 2.87. The molecule has 1 aliphatic heterocycles. The van der Waals surface area contributed by atoms with Gasteiger partial charge in [-0.05, 0) is 43.9 Å². The van der Waals surface area contributed by atoms with Crippen molar-refractivity contribution in [1.29, 1.82) is 0 Å². The molecule has 1 saturated heterocycles. The Morgan fingerprint density at radius 2 is 1.88 bits per heavy atom. The van der Waals surface area contributed by atoms with Crippen molar-refractivity contribution < 1.29 is 4.74 Å². The standard InChI is InChI=1S/C14H25NO/c1-2-7-14(8-3-1)9-6-13(14)15-11-12-5-4-10-16-12/h12-13,15H,1-11H2. The Labute approximate surface area is 99.1 Å². The molecule has 3 rings (SSSR count). The maximum Gasteiger partial charge on any atom is 0.0700 e. The summed E-state index contributed by atoms with van der Waals surface area (Å²) in [5, 5.41) is 3.80. The average Bonchev–Trinajstić information content (AvgIpc) is 2.82. The fourth-order valence-corrected chi connectivity index (χ4v) is 3.95. The third-order valence-corrected chi connectivity index (χ3v) is 5.14. The summed E-state index contributed by atoms with van der Waals surface area (Å²) < 4.78 is 5.69. The van der Waals surface area contributed by atoms with Gasteiger partial charge < -0.3 is 10.1 Å². The molecule has 2 nitrogen and oxygen atoms in total. The summed E-state index contributed by atoms with van der Waals surface area (Å²) in [6, 6.07) is 0.817. The molecule has 2 saturated carbocycles. The number of ether oxygens (including phenoxy) is 1. The summed E-state index contributed by atoms with van der Waals surface area (Å²) in [5.74, 6) is 0. The summed E-state index contributed by atoms with van der Waals surface area (Å²) >= 11 is 0. The molecule has 2 atom stereocenters. The topological polar surface area (TPSA) is 21.3 Å². The van der Waals surface area contributed by atoms with Crippen molar-refractivity contribution in [2.24, 2.45) is 5.41 Å². The first-order valence-corrected chi connectivity index (χ1v) is 7.24. The molecule has 2 unspecified atom stereocenters. The Morgan fingerprint density at radius 1 is 1.00 bits per heavy atom. The molecule has 0 amide bonds. The lowest BCUT2D eigenvalue weighted by Crippen LogP contribution is -2.55. The quantitative estimate of drug-likeness (QED) is 0.794. The molecule has 1 heterocycles. The Bertz CT molecular complexity index is 229. The van der Waals surface area contributed by atoms with E-state index in [4.69, 9.17) is 4.74 Å². The van der Waals surface area contributed by atoms with E-state index in [2.05, 4.69) is 5.32 Å². The molecule has 92 valence electrons. The normalized spacial score (nSPS) is 37.5. The van der Waals surface area contributed by atoms with Crippen molar-refractivity contribution in [3.63, 3.8) is 0 Å². The number of hydrogen-bond acceptors (Lipinski definition) is 2. The van der Waals surface area contributed by atoms with Crippen LogP contribution in [0.15, 0.2) is 0 Å². The molecule has 2 heteroatoms. The molecule has 1 N–H and O–H groups in total. The van der Waals surface area contributed by atoms with Gasteiger partial charge in [0.15, 0.2) is 0 Å². The molecule has 0 radical (unpaired) electrons. The molecular weight excluding hydrogens is 198 g/mol. The lowest BCUT2D eigenvalue weighted by molar-refractivity contribution is 0.0127.